The van der Waals surface area contributed by atoms with Crippen LogP contribution in [0.5, 0.6) is 0 Å². The first-order chi connectivity index (χ1) is 7.08. The molecule has 2 aliphatic rings. The highest BCUT2D eigenvalue weighted by Crippen LogP contribution is 2.47. The van der Waals surface area contributed by atoms with Gasteiger partial charge in [-0.1, -0.05) is 26.0 Å². The molecule has 0 spiro atoms. The van der Waals surface area contributed by atoms with E-state index in [0.29, 0.717) is 18.3 Å². The first kappa shape index (κ1) is 10.6. The molecule has 0 aromatic rings. The van der Waals surface area contributed by atoms with Gasteiger partial charge in [-0.3, -0.25) is 4.79 Å². The zero-order valence-corrected chi connectivity index (χ0v) is 9.36. The predicted molar refractivity (Wildman–Crippen MR) is 59.3 cm³/mol. The van der Waals surface area contributed by atoms with E-state index in [2.05, 4.69) is 19.1 Å². The van der Waals surface area contributed by atoms with Crippen LogP contribution in [0.4, 0.5) is 0 Å². The molecule has 2 aliphatic carbocycles. The molecule has 0 bridgehead atoms. The smallest absolute Gasteiger partial charge is 0.162 e. The van der Waals surface area contributed by atoms with Crippen LogP contribution in [-0.2, 0) is 4.79 Å². The molecule has 15 heavy (non-hydrogen) atoms. The second-order valence-electron chi connectivity index (χ2n) is 5.08. The Bertz CT molecular complexity index is 340. The lowest BCUT2D eigenvalue weighted by Crippen LogP contribution is -2.32. The van der Waals surface area contributed by atoms with Gasteiger partial charge in [-0.15, -0.1) is 0 Å². The number of ketones is 1. The summed E-state index contributed by atoms with van der Waals surface area (Å²) in [5, 5.41) is 9.22. The zero-order chi connectivity index (χ0) is 11.1. The summed E-state index contributed by atoms with van der Waals surface area (Å²) in [6.07, 6.45) is 7.57. The molecule has 0 aliphatic heterocycles. The van der Waals surface area contributed by atoms with Crippen molar-refractivity contribution in [2.75, 3.05) is 6.61 Å². The number of aliphatic hydroxyl groups is 1. The van der Waals surface area contributed by atoms with Crippen molar-refractivity contribution in [1.82, 2.24) is 0 Å². The van der Waals surface area contributed by atoms with Crippen molar-refractivity contribution in [3.63, 3.8) is 0 Å². The molecule has 0 radical (unpaired) electrons. The van der Waals surface area contributed by atoms with Gasteiger partial charge in [0.2, 0.25) is 0 Å². The number of hydrogen-bond acceptors (Lipinski definition) is 2. The van der Waals surface area contributed by atoms with E-state index in [1.54, 1.807) is 6.08 Å². The SMILES string of the molecule is CC1CC=C(CO)C[C@]2(C)C(=O)C=C[C@H]12. The van der Waals surface area contributed by atoms with Gasteiger partial charge >= 0.3 is 0 Å². The average Bonchev–Trinajstić information content (AvgIpc) is 2.42. The Balaban J connectivity index is 2.35. The van der Waals surface area contributed by atoms with Gasteiger partial charge in [0.05, 0.1) is 6.61 Å². The summed E-state index contributed by atoms with van der Waals surface area (Å²) in [7, 11) is 0. The summed E-state index contributed by atoms with van der Waals surface area (Å²) in [5.41, 5.74) is 0.716. The summed E-state index contributed by atoms with van der Waals surface area (Å²) in [5.74, 6) is 1.05. The van der Waals surface area contributed by atoms with E-state index in [1.807, 2.05) is 6.92 Å². The highest BCUT2D eigenvalue weighted by atomic mass is 16.3. The Morgan fingerprint density at radius 1 is 1.60 bits per heavy atom. The number of carbonyl (C=O) groups is 1. The standard InChI is InChI=1S/C13H18O2/c1-9-3-4-10(8-14)7-13(2)11(9)5-6-12(13)15/h4-6,9,11,14H,3,7-8H2,1-2H3/t9?,11-,13+/m1/s1. The third-order valence-electron chi connectivity index (χ3n) is 3.94. The van der Waals surface area contributed by atoms with Crippen LogP contribution < -0.4 is 0 Å². The second kappa shape index (κ2) is 3.60. The van der Waals surface area contributed by atoms with E-state index in [1.165, 1.54) is 0 Å². The second-order valence-corrected chi connectivity index (χ2v) is 5.08. The summed E-state index contributed by atoms with van der Waals surface area (Å²) in [4.78, 5) is 11.9. The Kier molecular flexibility index (Phi) is 2.55. The Morgan fingerprint density at radius 3 is 3.00 bits per heavy atom. The van der Waals surface area contributed by atoms with Crippen LogP contribution in [-0.4, -0.2) is 17.5 Å². The number of allylic oxidation sites excluding steroid dienone is 3. The maximum atomic E-state index is 11.9. The van der Waals surface area contributed by atoms with E-state index in [4.69, 9.17) is 0 Å². The largest absolute Gasteiger partial charge is 0.392 e. The molecular formula is C13H18O2. The van der Waals surface area contributed by atoms with Crippen molar-refractivity contribution in [3.8, 4) is 0 Å². The Labute approximate surface area is 90.7 Å². The van der Waals surface area contributed by atoms with Gasteiger partial charge in [0.15, 0.2) is 5.78 Å². The molecule has 0 heterocycles. The van der Waals surface area contributed by atoms with Gasteiger partial charge in [0.25, 0.3) is 0 Å². The van der Waals surface area contributed by atoms with Gasteiger partial charge in [-0.25, -0.2) is 0 Å². The number of carbonyl (C=O) groups excluding carboxylic acids is 1. The quantitative estimate of drug-likeness (QED) is 0.667. The van der Waals surface area contributed by atoms with Crippen molar-refractivity contribution in [1.29, 1.82) is 0 Å². The minimum atomic E-state index is -0.301. The molecule has 3 atom stereocenters. The molecule has 1 N–H and O–H groups in total. The lowest BCUT2D eigenvalue weighted by molar-refractivity contribution is -0.124. The Hall–Kier alpha value is -0.890. The maximum absolute atomic E-state index is 11.9. The molecule has 2 nitrogen and oxygen atoms in total. The van der Waals surface area contributed by atoms with E-state index >= 15 is 0 Å². The molecule has 0 aromatic carbocycles. The van der Waals surface area contributed by atoms with Crippen molar-refractivity contribution in [2.45, 2.75) is 26.7 Å². The van der Waals surface area contributed by atoms with E-state index < -0.39 is 0 Å². The molecular weight excluding hydrogens is 188 g/mol. The number of aliphatic hydroxyl groups excluding tert-OH is 1. The summed E-state index contributed by atoms with van der Waals surface area (Å²) in [6, 6.07) is 0. The summed E-state index contributed by atoms with van der Waals surface area (Å²) in [6.45, 7) is 4.30. The van der Waals surface area contributed by atoms with Crippen molar-refractivity contribution >= 4 is 5.78 Å². The van der Waals surface area contributed by atoms with Crippen molar-refractivity contribution in [2.24, 2.45) is 17.3 Å². The highest BCUT2D eigenvalue weighted by Gasteiger charge is 2.45. The van der Waals surface area contributed by atoms with Crippen LogP contribution in [0.2, 0.25) is 0 Å². The Morgan fingerprint density at radius 2 is 2.33 bits per heavy atom. The average molecular weight is 206 g/mol. The first-order valence-corrected chi connectivity index (χ1v) is 5.59. The minimum Gasteiger partial charge on any atom is -0.392 e. The molecule has 2 rings (SSSR count). The van der Waals surface area contributed by atoms with Crippen LogP contribution in [0.15, 0.2) is 23.8 Å². The maximum Gasteiger partial charge on any atom is 0.162 e. The number of hydrogen-bond donors (Lipinski definition) is 1. The van der Waals surface area contributed by atoms with E-state index in [0.717, 1.165) is 12.0 Å². The first-order valence-electron chi connectivity index (χ1n) is 5.59. The van der Waals surface area contributed by atoms with Gasteiger partial charge in [0.1, 0.15) is 0 Å². The molecule has 0 saturated carbocycles. The van der Waals surface area contributed by atoms with E-state index in [-0.39, 0.29) is 17.8 Å². The summed E-state index contributed by atoms with van der Waals surface area (Å²) >= 11 is 0. The molecule has 0 amide bonds. The predicted octanol–water partition coefficient (Wildman–Crippen LogP) is 2.10. The van der Waals surface area contributed by atoms with Gasteiger partial charge in [-0.2, -0.15) is 0 Å². The molecule has 0 aromatic heterocycles. The molecule has 82 valence electrons. The van der Waals surface area contributed by atoms with Crippen molar-refractivity contribution in [3.05, 3.63) is 23.8 Å². The molecule has 0 saturated heterocycles. The van der Waals surface area contributed by atoms with Crippen LogP contribution >= 0.6 is 0 Å². The fourth-order valence-corrected chi connectivity index (χ4v) is 2.94. The van der Waals surface area contributed by atoms with Gasteiger partial charge < -0.3 is 5.11 Å². The fourth-order valence-electron chi connectivity index (χ4n) is 2.94. The van der Waals surface area contributed by atoms with Crippen molar-refractivity contribution < 1.29 is 9.90 Å². The molecule has 2 heteroatoms. The highest BCUT2D eigenvalue weighted by molar-refractivity contribution is 5.97. The molecule has 0 fully saturated rings. The lowest BCUT2D eigenvalue weighted by atomic mass is 9.70. The van der Waals surface area contributed by atoms with Crippen LogP contribution in [0.1, 0.15) is 26.7 Å². The van der Waals surface area contributed by atoms with Gasteiger partial charge in [-0.05, 0) is 36.3 Å². The molecule has 1 unspecified atom stereocenters. The third-order valence-corrected chi connectivity index (χ3v) is 3.94. The lowest BCUT2D eigenvalue weighted by Gasteiger charge is -2.32. The van der Waals surface area contributed by atoms with Crippen LogP contribution in [0.25, 0.3) is 0 Å². The fraction of sp³-hybridized carbons (Fsp3) is 0.615. The summed E-state index contributed by atoms with van der Waals surface area (Å²) < 4.78 is 0. The zero-order valence-electron chi connectivity index (χ0n) is 9.36. The minimum absolute atomic E-state index is 0.0856. The monoisotopic (exact) mass is 206 g/mol. The topological polar surface area (TPSA) is 37.3 Å². The number of fused-ring (bicyclic) bond motifs is 1. The van der Waals surface area contributed by atoms with Crippen LogP contribution in [0, 0.1) is 17.3 Å². The number of rotatable bonds is 1. The van der Waals surface area contributed by atoms with Gasteiger partial charge in [0, 0.05) is 5.41 Å². The normalized spacial score (nSPS) is 39.9. The van der Waals surface area contributed by atoms with E-state index in [9.17, 15) is 9.90 Å². The van der Waals surface area contributed by atoms with Crippen LogP contribution in [0.3, 0.4) is 0 Å². The third kappa shape index (κ3) is 1.57.